The van der Waals surface area contributed by atoms with E-state index >= 15 is 0 Å². The van der Waals surface area contributed by atoms with E-state index in [2.05, 4.69) is 17.9 Å². The minimum Gasteiger partial charge on any atom is -0.508 e. The highest BCUT2D eigenvalue weighted by Crippen LogP contribution is 2.49. The van der Waals surface area contributed by atoms with Crippen LogP contribution < -0.4 is 0 Å². The summed E-state index contributed by atoms with van der Waals surface area (Å²) < 4.78 is 0. The molecule has 1 aliphatic heterocycles. The molecule has 2 atom stereocenters. The molecule has 0 spiro atoms. The average Bonchev–Trinajstić information content (AvgIpc) is 2.47. The molecule has 1 saturated heterocycles. The molecule has 1 aromatic rings. The molecule has 0 amide bonds. The highest BCUT2D eigenvalue weighted by atomic mass is 16.3. The molecule has 20 heavy (non-hydrogen) atoms. The van der Waals surface area contributed by atoms with Crippen molar-refractivity contribution >= 4 is 0 Å². The molecule has 1 saturated carbocycles. The molecule has 1 heterocycles. The van der Waals surface area contributed by atoms with Gasteiger partial charge >= 0.3 is 0 Å². The van der Waals surface area contributed by atoms with Crippen molar-refractivity contribution in [3.05, 3.63) is 29.8 Å². The summed E-state index contributed by atoms with van der Waals surface area (Å²) in [5, 5.41) is 9.86. The van der Waals surface area contributed by atoms with Crippen LogP contribution in [0.5, 0.6) is 5.75 Å². The van der Waals surface area contributed by atoms with E-state index in [0.29, 0.717) is 11.2 Å². The minimum absolute atomic E-state index is 0.335. The molecule has 2 fully saturated rings. The third-order valence-electron chi connectivity index (χ3n) is 5.52. The summed E-state index contributed by atoms with van der Waals surface area (Å²) >= 11 is 0. The molecule has 2 aliphatic rings. The Bertz CT molecular complexity index is 458. The minimum atomic E-state index is 0.335. The first kappa shape index (κ1) is 13.9. The van der Waals surface area contributed by atoms with Crippen LogP contribution in [-0.2, 0) is 5.41 Å². The Morgan fingerprint density at radius 2 is 2.20 bits per heavy atom. The molecule has 0 aromatic heterocycles. The lowest BCUT2D eigenvalue weighted by molar-refractivity contribution is 0.0563. The topological polar surface area (TPSA) is 23.5 Å². The van der Waals surface area contributed by atoms with Crippen molar-refractivity contribution in [2.45, 2.75) is 50.9 Å². The van der Waals surface area contributed by atoms with Crippen molar-refractivity contribution in [1.82, 2.24) is 4.90 Å². The average molecular weight is 273 g/mol. The second kappa shape index (κ2) is 5.77. The van der Waals surface area contributed by atoms with Crippen molar-refractivity contribution in [2.75, 3.05) is 19.6 Å². The number of hydrogen-bond acceptors (Lipinski definition) is 2. The summed E-state index contributed by atoms with van der Waals surface area (Å²) in [5.41, 5.74) is 1.72. The molecular weight excluding hydrogens is 246 g/mol. The Balaban J connectivity index is 1.88. The van der Waals surface area contributed by atoms with Gasteiger partial charge in [0.1, 0.15) is 5.75 Å². The van der Waals surface area contributed by atoms with E-state index in [1.165, 1.54) is 63.7 Å². The number of phenols is 1. The number of aromatic hydroxyl groups is 1. The first-order valence-corrected chi connectivity index (χ1v) is 8.26. The van der Waals surface area contributed by atoms with Gasteiger partial charge in [0.15, 0.2) is 0 Å². The Morgan fingerprint density at radius 1 is 1.30 bits per heavy atom. The predicted octanol–water partition coefficient (Wildman–Crippen LogP) is 3.94. The number of rotatable bonds is 3. The van der Waals surface area contributed by atoms with E-state index in [1.54, 1.807) is 6.07 Å². The highest BCUT2D eigenvalue weighted by molar-refractivity contribution is 5.35. The van der Waals surface area contributed by atoms with Gasteiger partial charge in [0.05, 0.1) is 0 Å². The molecule has 2 heteroatoms. The van der Waals surface area contributed by atoms with Gasteiger partial charge in [-0.1, -0.05) is 31.9 Å². The van der Waals surface area contributed by atoms with Crippen LogP contribution in [0.2, 0.25) is 0 Å². The summed E-state index contributed by atoms with van der Waals surface area (Å²) in [6, 6.07) is 8.08. The molecule has 1 aromatic carbocycles. The van der Waals surface area contributed by atoms with E-state index in [4.69, 9.17) is 0 Å². The van der Waals surface area contributed by atoms with E-state index in [0.717, 1.165) is 5.92 Å². The van der Waals surface area contributed by atoms with Gasteiger partial charge in [-0.2, -0.15) is 0 Å². The van der Waals surface area contributed by atoms with Crippen LogP contribution in [0.15, 0.2) is 24.3 Å². The maximum absolute atomic E-state index is 9.86. The molecule has 1 N–H and O–H groups in total. The number of nitrogens with zero attached hydrogens (tertiary/aromatic N) is 1. The van der Waals surface area contributed by atoms with Gasteiger partial charge in [0.25, 0.3) is 0 Å². The first-order chi connectivity index (χ1) is 9.74. The number of hydrogen-bond donors (Lipinski definition) is 1. The molecule has 1 aliphatic carbocycles. The van der Waals surface area contributed by atoms with E-state index < -0.39 is 0 Å². The van der Waals surface area contributed by atoms with E-state index in [9.17, 15) is 5.11 Å². The molecule has 110 valence electrons. The lowest BCUT2D eigenvalue weighted by Crippen LogP contribution is -2.51. The Kier molecular flexibility index (Phi) is 4.02. The summed E-state index contributed by atoms with van der Waals surface area (Å²) in [6.45, 7) is 5.99. The number of likely N-dealkylation sites (tertiary alicyclic amines) is 1. The van der Waals surface area contributed by atoms with Crippen LogP contribution in [0.3, 0.4) is 0 Å². The maximum Gasteiger partial charge on any atom is 0.115 e. The lowest BCUT2D eigenvalue weighted by atomic mass is 9.59. The van der Waals surface area contributed by atoms with Gasteiger partial charge in [-0.25, -0.2) is 0 Å². The fraction of sp³-hybridized carbons (Fsp3) is 0.667. The van der Waals surface area contributed by atoms with Crippen molar-refractivity contribution in [1.29, 1.82) is 0 Å². The van der Waals surface area contributed by atoms with Crippen LogP contribution in [0.1, 0.15) is 51.0 Å². The van der Waals surface area contributed by atoms with Gasteiger partial charge in [0.2, 0.25) is 0 Å². The summed E-state index contributed by atoms with van der Waals surface area (Å²) in [6.07, 6.45) is 7.91. The number of benzene rings is 1. The SMILES string of the molecule is CCCN1CC[C@]2(c3cccc(O)c3)CCCC[C@H]2C1. The Labute approximate surface area is 122 Å². The molecule has 0 radical (unpaired) electrons. The summed E-state index contributed by atoms with van der Waals surface area (Å²) in [5.74, 6) is 1.20. The van der Waals surface area contributed by atoms with Gasteiger partial charge < -0.3 is 10.0 Å². The predicted molar refractivity (Wildman–Crippen MR) is 83.1 cm³/mol. The Hall–Kier alpha value is -1.02. The third kappa shape index (κ3) is 2.46. The van der Waals surface area contributed by atoms with Crippen LogP contribution >= 0.6 is 0 Å². The molecule has 0 bridgehead atoms. The summed E-state index contributed by atoms with van der Waals surface area (Å²) in [4.78, 5) is 2.65. The van der Waals surface area contributed by atoms with E-state index in [1.807, 2.05) is 12.1 Å². The zero-order valence-electron chi connectivity index (χ0n) is 12.6. The number of piperidine rings is 1. The second-order valence-electron chi connectivity index (χ2n) is 6.70. The number of phenolic OH excluding ortho intramolecular Hbond substituents is 1. The maximum atomic E-state index is 9.86. The van der Waals surface area contributed by atoms with Crippen LogP contribution in [0.4, 0.5) is 0 Å². The monoisotopic (exact) mass is 273 g/mol. The lowest BCUT2D eigenvalue weighted by Gasteiger charge is -2.51. The smallest absolute Gasteiger partial charge is 0.115 e. The fourth-order valence-corrected chi connectivity index (χ4v) is 4.53. The molecule has 0 unspecified atom stereocenters. The zero-order valence-corrected chi connectivity index (χ0v) is 12.6. The van der Waals surface area contributed by atoms with Crippen LogP contribution in [0, 0.1) is 5.92 Å². The van der Waals surface area contributed by atoms with Crippen molar-refractivity contribution in [3.63, 3.8) is 0 Å². The van der Waals surface area contributed by atoms with Crippen LogP contribution in [-0.4, -0.2) is 29.6 Å². The van der Waals surface area contributed by atoms with Gasteiger partial charge in [-0.15, -0.1) is 0 Å². The molecule has 2 nitrogen and oxygen atoms in total. The largest absolute Gasteiger partial charge is 0.508 e. The van der Waals surface area contributed by atoms with Crippen molar-refractivity contribution in [3.8, 4) is 5.75 Å². The zero-order chi connectivity index (χ0) is 14.0. The molecule has 3 rings (SSSR count). The number of fused-ring (bicyclic) bond motifs is 1. The second-order valence-corrected chi connectivity index (χ2v) is 6.70. The normalized spacial score (nSPS) is 30.9. The fourth-order valence-electron chi connectivity index (χ4n) is 4.53. The van der Waals surface area contributed by atoms with Crippen molar-refractivity contribution < 1.29 is 5.11 Å². The summed E-state index contributed by atoms with van der Waals surface area (Å²) in [7, 11) is 0. The van der Waals surface area contributed by atoms with E-state index in [-0.39, 0.29) is 0 Å². The van der Waals surface area contributed by atoms with Gasteiger partial charge in [0, 0.05) is 12.0 Å². The van der Waals surface area contributed by atoms with Gasteiger partial charge in [-0.3, -0.25) is 0 Å². The quantitative estimate of drug-likeness (QED) is 0.902. The standard InChI is InChI=1S/C18H27NO/c1-2-11-19-12-10-18(9-4-3-6-16(18)14-19)15-7-5-8-17(20)13-15/h5,7-8,13,16,20H,2-4,6,9-12,14H2,1H3/t16-,18-/m0/s1. The van der Waals surface area contributed by atoms with Crippen molar-refractivity contribution in [2.24, 2.45) is 5.92 Å². The van der Waals surface area contributed by atoms with Crippen LogP contribution in [0.25, 0.3) is 0 Å². The highest BCUT2D eigenvalue weighted by Gasteiger charge is 2.45. The molecular formula is C18H27NO. The third-order valence-corrected chi connectivity index (χ3v) is 5.52. The van der Waals surface area contributed by atoms with Gasteiger partial charge in [-0.05, 0) is 62.4 Å². The Morgan fingerprint density at radius 3 is 3.00 bits per heavy atom. The first-order valence-electron chi connectivity index (χ1n) is 8.26.